The maximum atomic E-state index is 14.4. The highest BCUT2D eigenvalue weighted by molar-refractivity contribution is 5.83. The van der Waals surface area contributed by atoms with E-state index in [2.05, 4.69) is 5.32 Å². The van der Waals surface area contributed by atoms with E-state index in [1.165, 1.54) is 0 Å². The summed E-state index contributed by atoms with van der Waals surface area (Å²) in [4.78, 5) is 24.2. The number of alkyl halides is 1. The summed E-state index contributed by atoms with van der Waals surface area (Å²) in [6.07, 6.45) is 1.37. The van der Waals surface area contributed by atoms with Crippen molar-refractivity contribution >= 4 is 11.8 Å². The number of aliphatic hydroxyl groups excluding tert-OH is 1. The van der Waals surface area contributed by atoms with E-state index in [1.54, 1.807) is 19.6 Å². The fourth-order valence-corrected chi connectivity index (χ4v) is 3.37. The van der Waals surface area contributed by atoms with Crippen LogP contribution in [0.5, 0.6) is 5.75 Å². The van der Waals surface area contributed by atoms with Crippen LogP contribution in [0.1, 0.15) is 37.3 Å². The number of hydrogen-bond acceptors (Lipinski definition) is 4. The first-order chi connectivity index (χ1) is 15.2. The predicted molar refractivity (Wildman–Crippen MR) is 121 cm³/mol. The second-order valence-corrected chi connectivity index (χ2v) is 8.06. The largest absolute Gasteiger partial charge is 0.496 e. The molecule has 2 rings (SSSR count). The van der Waals surface area contributed by atoms with Gasteiger partial charge in [-0.15, -0.1) is 0 Å². The lowest BCUT2D eigenvalue weighted by Gasteiger charge is -2.23. The van der Waals surface area contributed by atoms with E-state index in [9.17, 15) is 19.1 Å². The van der Waals surface area contributed by atoms with Crippen LogP contribution >= 0.6 is 0 Å². The van der Waals surface area contributed by atoms with Gasteiger partial charge in [0.15, 0.2) is 5.67 Å². The number of nitrogens with two attached hydrogens (primary N) is 1. The standard InChI is InChI=1S/C25H32FN2O4/c1-25(26,24(27)31)15-14-19(16-21(29)13-12-18-8-4-3-5-9-18)23(30)28-17-20-10-6-7-11-22(20)32-2/h3-11,13,19,21,29H,12,14-17H2,1-2H3,(H2,27,31)(H,28,30)/t19-,21+,25?/m1/s1. The van der Waals surface area contributed by atoms with Gasteiger partial charge in [0.2, 0.25) is 5.91 Å². The van der Waals surface area contributed by atoms with Gasteiger partial charge < -0.3 is 20.9 Å². The second-order valence-electron chi connectivity index (χ2n) is 8.06. The van der Waals surface area contributed by atoms with Crippen molar-refractivity contribution in [1.29, 1.82) is 0 Å². The first-order valence-corrected chi connectivity index (χ1v) is 10.7. The molecule has 2 aromatic carbocycles. The molecule has 2 aromatic rings. The van der Waals surface area contributed by atoms with Crippen LogP contribution in [-0.2, 0) is 22.6 Å². The molecule has 0 aliphatic heterocycles. The third kappa shape index (κ3) is 7.96. The molecule has 3 atom stereocenters. The van der Waals surface area contributed by atoms with Gasteiger partial charge in [0, 0.05) is 18.0 Å². The summed E-state index contributed by atoms with van der Waals surface area (Å²) in [6, 6.07) is 16.9. The number of ether oxygens (including phenoxy) is 1. The van der Waals surface area contributed by atoms with Crippen LogP contribution in [0.15, 0.2) is 54.6 Å². The normalized spacial score (nSPS) is 14.8. The number of benzene rings is 2. The maximum absolute atomic E-state index is 14.4. The van der Waals surface area contributed by atoms with Gasteiger partial charge in [-0.2, -0.15) is 0 Å². The maximum Gasteiger partial charge on any atom is 0.254 e. The molecule has 0 fully saturated rings. The van der Waals surface area contributed by atoms with Gasteiger partial charge in [-0.25, -0.2) is 4.39 Å². The quantitative estimate of drug-likeness (QED) is 0.443. The Balaban J connectivity index is 2.01. The summed E-state index contributed by atoms with van der Waals surface area (Å²) in [5, 5.41) is 13.3. The summed E-state index contributed by atoms with van der Waals surface area (Å²) in [5.74, 6) is -1.45. The Kier molecular flexibility index (Phi) is 9.65. The van der Waals surface area contributed by atoms with E-state index in [0.717, 1.165) is 18.1 Å². The molecular weight excluding hydrogens is 411 g/mol. The summed E-state index contributed by atoms with van der Waals surface area (Å²) in [7, 11) is 1.55. The van der Waals surface area contributed by atoms with Gasteiger partial charge in [-0.3, -0.25) is 9.59 Å². The van der Waals surface area contributed by atoms with Gasteiger partial charge in [0.25, 0.3) is 5.91 Å². The molecule has 0 bridgehead atoms. The van der Waals surface area contributed by atoms with E-state index in [-0.39, 0.29) is 31.7 Å². The zero-order valence-corrected chi connectivity index (χ0v) is 18.6. The highest BCUT2D eigenvalue weighted by Crippen LogP contribution is 2.25. The molecule has 0 saturated carbocycles. The number of carbonyl (C=O) groups excluding carboxylic acids is 2. The number of primary amides is 1. The number of amides is 2. The van der Waals surface area contributed by atoms with Crippen molar-refractivity contribution in [3.05, 3.63) is 72.1 Å². The molecule has 7 heteroatoms. The van der Waals surface area contributed by atoms with Crippen molar-refractivity contribution < 1.29 is 23.8 Å². The molecule has 0 aromatic heterocycles. The molecule has 6 nitrogen and oxygen atoms in total. The van der Waals surface area contributed by atoms with Crippen molar-refractivity contribution in [2.24, 2.45) is 11.7 Å². The zero-order chi connectivity index (χ0) is 23.6. The summed E-state index contributed by atoms with van der Waals surface area (Å²) in [5.41, 5.74) is 4.74. The average Bonchev–Trinajstić information content (AvgIpc) is 2.79. The SMILES string of the molecule is COc1ccccc1CNC(=O)[C@H](CCC(C)(F)C(N)=O)C[C@@H](O)[CH]Cc1ccccc1. The van der Waals surface area contributed by atoms with Crippen molar-refractivity contribution in [2.45, 2.75) is 50.9 Å². The predicted octanol–water partition coefficient (Wildman–Crippen LogP) is 3.12. The van der Waals surface area contributed by atoms with Gasteiger partial charge in [0.1, 0.15) is 5.75 Å². The monoisotopic (exact) mass is 443 g/mol. The number of nitrogens with one attached hydrogen (secondary N) is 1. The van der Waals surface area contributed by atoms with Crippen LogP contribution in [0.4, 0.5) is 4.39 Å². The summed E-state index contributed by atoms with van der Waals surface area (Å²) >= 11 is 0. The third-order valence-electron chi connectivity index (χ3n) is 5.49. The minimum atomic E-state index is -2.22. The van der Waals surface area contributed by atoms with E-state index < -0.39 is 23.6 Å². The third-order valence-corrected chi connectivity index (χ3v) is 5.49. The molecule has 0 spiro atoms. The Morgan fingerprint density at radius 1 is 1.19 bits per heavy atom. The number of para-hydroxylation sites is 1. The number of carbonyl (C=O) groups is 2. The average molecular weight is 444 g/mol. The second kappa shape index (κ2) is 12.2. The molecule has 0 heterocycles. The molecule has 1 unspecified atom stereocenters. The highest BCUT2D eigenvalue weighted by Gasteiger charge is 2.33. The molecule has 0 aliphatic rings. The highest BCUT2D eigenvalue weighted by atomic mass is 19.1. The first-order valence-electron chi connectivity index (χ1n) is 10.7. The summed E-state index contributed by atoms with van der Waals surface area (Å²) in [6.45, 7) is 1.34. The molecule has 32 heavy (non-hydrogen) atoms. The minimum absolute atomic E-state index is 0.0733. The van der Waals surface area contributed by atoms with E-state index >= 15 is 0 Å². The molecule has 4 N–H and O–H groups in total. The molecule has 173 valence electrons. The number of hydrogen-bond donors (Lipinski definition) is 3. The van der Waals surface area contributed by atoms with Crippen LogP contribution in [0.25, 0.3) is 0 Å². The van der Waals surface area contributed by atoms with Gasteiger partial charge in [-0.05, 0) is 50.7 Å². The molecule has 1 radical (unpaired) electrons. The van der Waals surface area contributed by atoms with Crippen molar-refractivity contribution in [1.82, 2.24) is 5.32 Å². The Morgan fingerprint density at radius 3 is 2.50 bits per heavy atom. The fourth-order valence-electron chi connectivity index (χ4n) is 3.37. The van der Waals surface area contributed by atoms with Gasteiger partial charge in [0.05, 0.1) is 13.2 Å². The minimum Gasteiger partial charge on any atom is -0.496 e. The molecule has 0 saturated heterocycles. The molecule has 0 aliphatic carbocycles. The summed E-state index contributed by atoms with van der Waals surface area (Å²) < 4.78 is 19.7. The number of methoxy groups -OCH3 is 1. The van der Waals surface area contributed by atoms with Crippen molar-refractivity contribution in [2.75, 3.05) is 7.11 Å². The van der Waals surface area contributed by atoms with Crippen LogP contribution in [0, 0.1) is 12.3 Å². The zero-order valence-electron chi connectivity index (χ0n) is 18.6. The Hall–Kier alpha value is -2.93. The Labute approximate surface area is 189 Å². The topological polar surface area (TPSA) is 102 Å². The van der Waals surface area contributed by atoms with Crippen LogP contribution < -0.4 is 15.8 Å². The van der Waals surface area contributed by atoms with E-state index in [4.69, 9.17) is 10.5 Å². The lowest BCUT2D eigenvalue weighted by molar-refractivity contribution is -0.131. The smallest absolute Gasteiger partial charge is 0.254 e. The van der Waals surface area contributed by atoms with Crippen molar-refractivity contribution in [3.8, 4) is 5.75 Å². The molecular formula is C25H32FN2O4. The lowest BCUT2D eigenvalue weighted by Crippen LogP contribution is -2.39. The van der Waals surface area contributed by atoms with Crippen LogP contribution in [0.2, 0.25) is 0 Å². The molecule has 2 amide bonds. The van der Waals surface area contributed by atoms with Gasteiger partial charge in [-0.1, -0.05) is 48.5 Å². The number of halogens is 1. The van der Waals surface area contributed by atoms with Crippen molar-refractivity contribution in [3.63, 3.8) is 0 Å². The Bertz CT molecular complexity index is 873. The van der Waals surface area contributed by atoms with E-state index in [0.29, 0.717) is 12.2 Å². The first kappa shape index (κ1) is 25.3. The van der Waals surface area contributed by atoms with Crippen LogP contribution in [0.3, 0.4) is 0 Å². The Morgan fingerprint density at radius 2 is 1.84 bits per heavy atom. The van der Waals surface area contributed by atoms with Gasteiger partial charge >= 0.3 is 0 Å². The van der Waals surface area contributed by atoms with E-state index in [1.807, 2.05) is 48.5 Å². The number of rotatable bonds is 13. The number of aliphatic hydroxyl groups is 1. The lowest BCUT2D eigenvalue weighted by atomic mass is 9.88. The van der Waals surface area contributed by atoms with Crippen LogP contribution in [-0.4, -0.2) is 35.8 Å². The fraction of sp³-hybridized carbons (Fsp3) is 0.400.